The molecule has 0 saturated carbocycles. The molecular formula is C3H7BrFO4P. The SMILES string of the molecule is CCCOP(=O)(OF)OBr. The second-order valence-corrected chi connectivity index (χ2v) is 3.72. The molecule has 10 heavy (non-hydrogen) atoms. The van der Waals surface area contributed by atoms with Crippen molar-refractivity contribution in [3.63, 3.8) is 0 Å². The predicted octanol–water partition coefficient (Wildman–Crippen LogP) is 2.75. The largest absolute Gasteiger partial charge is 0.517 e. The minimum absolute atomic E-state index is 0.118. The van der Waals surface area contributed by atoms with E-state index in [1.54, 1.807) is 6.92 Å². The van der Waals surface area contributed by atoms with Gasteiger partial charge in [0, 0.05) is 0 Å². The number of halogens is 2. The average molecular weight is 237 g/mol. The van der Waals surface area contributed by atoms with Crippen LogP contribution in [0.5, 0.6) is 0 Å². The summed E-state index contributed by atoms with van der Waals surface area (Å²) in [5.74, 6) is 0. The van der Waals surface area contributed by atoms with E-state index in [4.69, 9.17) is 0 Å². The summed E-state index contributed by atoms with van der Waals surface area (Å²) in [7, 11) is -3.95. The molecule has 0 aromatic rings. The fraction of sp³-hybridized carbons (Fsp3) is 1.00. The molecule has 0 aromatic heterocycles. The number of rotatable bonds is 5. The summed E-state index contributed by atoms with van der Waals surface area (Å²) in [4.78, 5) is 0. The lowest BCUT2D eigenvalue weighted by Crippen LogP contribution is -1.91. The third kappa shape index (κ3) is 3.63. The molecule has 1 atom stereocenters. The molecule has 0 radical (unpaired) electrons. The van der Waals surface area contributed by atoms with Gasteiger partial charge < -0.3 is 0 Å². The van der Waals surface area contributed by atoms with Gasteiger partial charge >= 0.3 is 7.82 Å². The third-order valence-corrected chi connectivity index (χ3v) is 2.52. The minimum atomic E-state index is -3.95. The highest BCUT2D eigenvalue weighted by atomic mass is 79.9. The van der Waals surface area contributed by atoms with Crippen LogP contribution in [-0.2, 0) is 17.4 Å². The number of hydrogen-bond donors (Lipinski definition) is 0. The van der Waals surface area contributed by atoms with Gasteiger partial charge in [0.25, 0.3) is 0 Å². The van der Waals surface area contributed by atoms with Crippen LogP contribution in [0.15, 0.2) is 0 Å². The monoisotopic (exact) mass is 236 g/mol. The van der Waals surface area contributed by atoms with Crippen LogP contribution in [0.3, 0.4) is 0 Å². The summed E-state index contributed by atoms with van der Waals surface area (Å²) < 4.78 is 33.2. The molecule has 0 bridgehead atoms. The zero-order valence-electron chi connectivity index (χ0n) is 5.25. The Morgan fingerprint density at radius 3 is 2.60 bits per heavy atom. The minimum Gasteiger partial charge on any atom is -0.285 e. The highest BCUT2D eigenvalue weighted by molar-refractivity contribution is 9.06. The Bertz CT molecular complexity index is 124. The molecule has 0 saturated heterocycles. The highest BCUT2D eigenvalue weighted by Crippen LogP contribution is 2.51. The van der Waals surface area contributed by atoms with Crippen LogP contribution in [0.4, 0.5) is 4.53 Å². The van der Waals surface area contributed by atoms with E-state index in [1.807, 2.05) is 0 Å². The first-order valence-electron chi connectivity index (χ1n) is 2.53. The van der Waals surface area contributed by atoms with Crippen LogP contribution in [0.1, 0.15) is 13.3 Å². The quantitative estimate of drug-likeness (QED) is 0.689. The molecule has 0 amide bonds. The van der Waals surface area contributed by atoms with Gasteiger partial charge in [0.15, 0.2) is 0 Å². The maximum Gasteiger partial charge on any atom is 0.517 e. The molecule has 1 unspecified atom stereocenters. The van der Waals surface area contributed by atoms with Gasteiger partial charge in [-0.05, 0) is 10.9 Å². The summed E-state index contributed by atoms with van der Waals surface area (Å²) in [6, 6.07) is 0. The summed E-state index contributed by atoms with van der Waals surface area (Å²) in [6.07, 6.45) is 0.601. The van der Waals surface area contributed by atoms with Crippen LogP contribution in [0, 0.1) is 0 Å². The van der Waals surface area contributed by atoms with Gasteiger partial charge in [-0.15, -0.1) is 0 Å². The molecule has 4 nitrogen and oxygen atoms in total. The van der Waals surface area contributed by atoms with Crippen molar-refractivity contribution in [1.82, 2.24) is 0 Å². The lowest BCUT2D eigenvalue weighted by Gasteiger charge is -2.06. The predicted molar refractivity (Wildman–Crippen MR) is 36.1 cm³/mol. The molecule has 0 N–H and O–H groups in total. The molecule has 0 fully saturated rings. The van der Waals surface area contributed by atoms with Gasteiger partial charge in [-0.3, -0.25) is 4.52 Å². The van der Waals surface area contributed by atoms with Crippen LogP contribution in [0.25, 0.3) is 0 Å². The Hall–Kier alpha value is 0.520. The number of phosphoric acid groups is 1. The van der Waals surface area contributed by atoms with Crippen molar-refractivity contribution >= 4 is 24.1 Å². The topological polar surface area (TPSA) is 44.8 Å². The molecular weight excluding hydrogens is 230 g/mol. The van der Waals surface area contributed by atoms with E-state index in [2.05, 4.69) is 29.1 Å². The van der Waals surface area contributed by atoms with Gasteiger partial charge in [-0.1, -0.05) is 11.7 Å². The van der Waals surface area contributed by atoms with E-state index in [0.29, 0.717) is 6.42 Å². The van der Waals surface area contributed by atoms with Crippen LogP contribution in [0.2, 0.25) is 0 Å². The zero-order valence-corrected chi connectivity index (χ0v) is 7.73. The van der Waals surface area contributed by atoms with Crippen LogP contribution >= 0.6 is 24.1 Å². The van der Waals surface area contributed by atoms with E-state index in [9.17, 15) is 9.09 Å². The van der Waals surface area contributed by atoms with Crippen molar-refractivity contribution in [1.29, 1.82) is 0 Å². The van der Waals surface area contributed by atoms with E-state index in [1.165, 1.54) is 0 Å². The maximum atomic E-state index is 11.3. The van der Waals surface area contributed by atoms with E-state index < -0.39 is 7.82 Å². The number of hydrogen-bond acceptors (Lipinski definition) is 4. The Balaban J connectivity index is 3.70. The Labute approximate surface area is 66.6 Å². The van der Waals surface area contributed by atoms with Crippen molar-refractivity contribution < 1.29 is 22.0 Å². The molecule has 0 aliphatic rings. The lowest BCUT2D eigenvalue weighted by atomic mass is 10.5. The van der Waals surface area contributed by atoms with Crippen molar-refractivity contribution in [3.8, 4) is 0 Å². The molecule has 0 heterocycles. The Kier molecular flexibility index (Phi) is 5.48. The zero-order chi connectivity index (χ0) is 8.04. The first-order chi connectivity index (χ1) is 4.68. The summed E-state index contributed by atoms with van der Waals surface area (Å²) in [5.41, 5.74) is 0. The fourth-order valence-electron chi connectivity index (χ4n) is 0.254. The molecule has 0 aliphatic heterocycles. The summed E-state index contributed by atoms with van der Waals surface area (Å²) >= 11 is 2.31. The van der Waals surface area contributed by atoms with Crippen molar-refractivity contribution in [2.24, 2.45) is 0 Å². The first kappa shape index (κ1) is 10.5. The van der Waals surface area contributed by atoms with Gasteiger partial charge in [-0.2, -0.15) is 0 Å². The highest BCUT2D eigenvalue weighted by Gasteiger charge is 2.26. The van der Waals surface area contributed by atoms with Gasteiger partial charge in [0.05, 0.1) is 6.61 Å². The van der Waals surface area contributed by atoms with Crippen molar-refractivity contribution in [2.45, 2.75) is 13.3 Å². The fourth-order valence-corrected chi connectivity index (χ4v) is 1.15. The molecule has 0 spiro atoms. The third-order valence-electron chi connectivity index (χ3n) is 0.623. The van der Waals surface area contributed by atoms with E-state index >= 15 is 0 Å². The molecule has 0 aliphatic carbocycles. The summed E-state index contributed by atoms with van der Waals surface area (Å²) in [6.45, 7) is 1.89. The molecule has 0 aromatic carbocycles. The van der Waals surface area contributed by atoms with Crippen LogP contribution < -0.4 is 0 Å². The Morgan fingerprint density at radius 1 is 1.70 bits per heavy atom. The van der Waals surface area contributed by atoms with E-state index in [0.717, 1.165) is 0 Å². The average Bonchev–Trinajstić information content (AvgIpc) is 2.00. The van der Waals surface area contributed by atoms with Gasteiger partial charge in [-0.25, -0.2) is 8.18 Å². The maximum absolute atomic E-state index is 11.3. The Morgan fingerprint density at radius 2 is 2.30 bits per heavy atom. The normalized spacial score (nSPS) is 16.7. The van der Waals surface area contributed by atoms with Crippen LogP contribution in [-0.4, -0.2) is 6.61 Å². The smallest absolute Gasteiger partial charge is 0.285 e. The van der Waals surface area contributed by atoms with Gasteiger partial charge in [0.2, 0.25) is 0 Å². The molecule has 0 rings (SSSR count). The molecule has 62 valence electrons. The van der Waals surface area contributed by atoms with Gasteiger partial charge in [0.1, 0.15) is 16.3 Å². The first-order valence-corrected chi connectivity index (χ1v) is 4.64. The second kappa shape index (κ2) is 5.21. The van der Waals surface area contributed by atoms with Crippen molar-refractivity contribution in [3.05, 3.63) is 0 Å². The van der Waals surface area contributed by atoms with E-state index in [-0.39, 0.29) is 6.61 Å². The molecule has 7 heteroatoms. The second-order valence-electron chi connectivity index (χ2n) is 1.42. The van der Waals surface area contributed by atoms with Crippen molar-refractivity contribution in [2.75, 3.05) is 6.61 Å². The standard InChI is InChI=1S/C3H7BrFO4P/c1-2-3-7-10(6,8-4)9-5/h2-3H2,1H3. The summed E-state index contributed by atoms with van der Waals surface area (Å²) in [5, 5.41) is 0. The lowest BCUT2D eigenvalue weighted by molar-refractivity contribution is -0.0423.